The molecule has 0 atom stereocenters. The summed E-state index contributed by atoms with van der Waals surface area (Å²) < 4.78 is 25.4. The summed E-state index contributed by atoms with van der Waals surface area (Å²) in [6.45, 7) is 1.96. The van der Waals surface area contributed by atoms with Crippen LogP contribution in [0.4, 0.5) is 5.69 Å². The van der Waals surface area contributed by atoms with Gasteiger partial charge in [0.25, 0.3) is 0 Å². The van der Waals surface area contributed by atoms with Gasteiger partial charge < -0.3 is 4.90 Å². The highest BCUT2D eigenvalue weighted by molar-refractivity contribution is 7.93. The van der Waals surface area contributed by atoms with Crippen LogP contribution in [0.1, 0.15) is 22.4 Å². The van der Waals surface area contributed by atoms with Gasteiger partial charge in [0.1, 0.15) is 0 Å². The first-order valence-corrected chi connectivity index (χ1v) is 11.1. The first-order chi connectivity index (χ1) is 12.5. The number of thiophene rings is 1. The molecule has 1 saturated heterocycles. The molecule has 0 radical (unpaired) electrons. The third kappa shape index (κ3) is 3.41. The maximum atomic E-state index is 12.4. The first kappa shape index (κ1) is 17.3. The summed E-state index contributed by atoms with van der Waals surface area (Å²) in [6, 6.07) is 9.38. The average Bonchev–Trinajstić information content (AvgIpc) is 3.25. The number of hydrogen-bond donors (Lipinski definition) is 0. The quantitative estimate of drug-likeness (QED) is 0.760. The molecule has 1 amide bonds. The number of sulfonamides is 1. The molecule has 4 rings (SSSR count). The van der Waals surface area contributed by atoms with Crippen molar-refractivity contribution in [3.63, 3.8) is 0 Å². The summed E-state index contributed by atoms with van der Waals surface area (Å²) >= 11 is 1.76. The van der Waals surface area contributed by atoms with Crippen LogP contribution in [0.3, 0.4) is 0 Å². The molecule has 7 heteroatoms. The van der Waals surface area contributed by atoms with Crippen LogP contribution >= 0.6 is 11.3 Å². The molecule has 0 unspecified atom stereocenters. The number of hydrogen-bond acceptors (Lipinski definition) is 4. The van der Waals surface area contributed by atoms with E-state index in [-0.39, 0.29) is 11.7 Å². The van der Waals surface area contributed by atoms with E-state index < -0.39 is 10.0 Å². The molecule has 2 aliphatic rings. The topological polar surface area (TPSA) is 57.7 Å². The fourth-order valence-corrected chi connectivity index (χ4v) is 5.84. The lowest BCUT2D eigenvalue weighted by atomic mass is 10.1. The highest BCUT2D eigenvalue weighted by atomic mass is 32.2. The van der Waals surface area contributed by atoms with Crippen molar-refractivity contribution in [1.29, 1.82) is 0 Å². The second-order valence-electron chi connectivity index (χ2n) is 6.55. The van der Waals surface area contributed by atoms with Crippen LogP contribution in [0, 0.1) is 0 Å². The van der Waals surface area contributed by atoms with Gasteiger partial charge in [-0.2, -0.15) is 0 Å². The molecule has 3 heterocycles. The number of amides is 1. The monoisotopic (exact) mass is 388 g/mol. The number of nitrogens with zero attached hydrogens (tertiary/aromatic N) is 2. The Hall–Kier alpha value is -2.12. The molecule has 0 bridgehead atoms. The number of benzene rings is 1. The highest BCUT2D eigenvalue weighted by Crippen LogP contribution is 2.25. The largest absolute Gasteiger partial charge is 0.334 e. The molecule has 26 heavy (non-hydrogen) atoms. The van der Waals surface area contributed by atoms with Gasteiger partial charge in [0.15, 0.2) is 0 Å². The molecule has 0 N–H and O–H groups in total. The Bertz CT molecular complexity index is 945. The summed E-state index contributed by atoms with van der Waals surface area (Å²) in [4.78, 5) is 15.7. The molecule has 136 valence electrons. The Morgan fingerprint density at radius 2 is 1.92 bits per heavy atom. The standard InChI is InChI=1S/C19H20N2O3S2/c22-19(20-11-8-18-16(14-20)9-12-25-18)7-4-15-2-5-17(6-3-15)21-10-1-13-26(21,23)24/h2-7,9,12H,1,8,10-11,13-14H2/b7-4+. The summed E-state index contributed by atoms with van der Waals surface area (Å²) in [5.41, 5.74) is 2.82. The fourth-order valence-electron chi connectivity index (χ4n) is 3.39. The summed E-state index contributed by atoms with van der Waals surface area (Å²) in [6.07, 6.45) is 4.97. The van der Waals surface area contributed by atoms with Crippen LogP contribution in [0.25, 0.3) is 6.08 Å². The number of anilines is 1. The van der Waals surface area contributed by atoms with Crippen LogP contribution in [0.15, 0.2) is 41.8 Å². The smallest absolute Gasteiger partial charge is 0.246 e. The van der Waals surface area contributed by atoms with Crippen molar-refractivity contribution < 1.29 is 13.2 Å². The Balaban J connectivity index is 1.42. The SMILES string of the molecule is O=C(/C=C/c1ccc(N2CCCS2(=O)=O)cc1)N1CCc2sccc2C1. The van der Waals surface area contributed by atoms with Gasteiger partial charge in [0.05, 0.1) is 11.4 Å². The molecular weight excluding hydrogens is 368 g/mol. The number of rotatable bonds is 3. The maximum absolute atomic E-state index is 12.4. The molecule has 0 saturated carbocycles. The zero-order valence-corrected chi connectivity index (χ0v) is 15.9. The van der Waals surface area contributed by atoms with E-state index in [4.69, 9.17) is 0 Å². The van der Waals surface area contributed by atoms with Crippen LogP contribution in [0.2, 0.25) is 0 Å². The molecule has 5 nitrogen and oxygen atoms in total. The van der Waals surface area contributed by atoms with E-state index in [1.165, 1.54) is 14.7 Å². The van der Waals surface area contributed by atoms with E-state index in [2.05, 4.69) is 11.4 Å². The van der Waals surface area contributed by atoms with Crippen LogP contribution in [-0.2, 0) is 27.8 Å². The Kier molecular flexibility index (Phi) is 4.58. The van der Waals surface area contributed by atoms with Crippen molar-refractivity contribution in [3.05, 3.63) is 57.8 Å². The lowest BCUT2D eigenvalue weighted by molar-refractivity contribution is -0.126. The average molecular weight is 389 g/mol. The molecule has 1 aromatic carbocycles. The van der Waals surface area contributed by atoms with Crippen molar-refractivity contribution in [2.24, 2.45) is 0 Å². The fraction of sp³-hybridized carbons (Fsp3) is 0.316. The van der Waals surface area contributed by atoms with Crippen molar-refractivity contribution >= 4 is 39.0 Å². The maximum Gasteiger partial charge on any atom is 0.246 e. The van der Waals surface area contributed by atoms with E-state index in [0.717, 1.165) is 18.5 Å². The number of fused-ring (bicyclic) bond motifs is 1. The van der Waals surface area contributed by atoms with Gasteiger partial charge in [-0.05, 0) is 53.6 Å². The number of carbonyl (C=O) groups excluding carboxylic acids is 1. The van der Waals surface area contributed by atoms with E-state index in [0.29, 0.717) is 25.2 Å². The number of carbonyl (C=O) groups is 1. The van der Waals surface area contributed by atoms with Gasteiger partial charge in [-0.3, -0.25) is 9.10 Å². The minimum absolute atomic E-state index is 0.00745. The molecule has 2 aliphatic heterocycles. The van der Waals surface area contributed by atoms with Gasteiger partial charge in [-0.1, -0.05) is 12.1 Å². The van der Waals surface area contributed by atoms with Crippen molar-refractivity contribution in [2.45, 2.75) is 19.4 Å². The van der Waals surface area contributed by atoms with E-state index in [1.54, 1.807) is 35.6 Å². The Morgan fingerprint density at radius 1 is 1.12 bits per heavy atom. The third-order valence-corrected chi connectivity index (χ3v) is 7.71. The Labute approximate surface area is 157 Å². The van der Waals surface area contributed by atoms with Gasteiger partial charge >= 0.3 is 0 Å². The van der Waals surface area contributed by atoms with E-state index in [1.807, 2.05) is 17.0 Å². The predicted molar refractivity (Wildman–Crippen MR) is 105 cm³/mol. The van der Waals surface area contributed by atoms with Gasteiger partial charge in [-0.15, -0.1) is 11.3 Å². The highest BCUT2D eigenvalue weighted by Gasteiger charge is 2.28. The van der Waals surface area contributed by atoms with Gasteiger partial charge in [-0.25, -0.2) is 8.42 Å². The molecule has 1 aromatic heterocycles. The van der Waals surface area contributed by atoms with Crippen LogP contribution < -0.4 is 4.31 Å². The van der Waals surface area contributed by atoms with E-state index >= 15 is 0 Å². The second-order valence-corrected chi connectivity index (χ2v) is 9.56. The summed E-state index contributed by atoms with van der Waals surface area (Å²) in [5.74, 6) is 0.221. The van der Waals surface area contributed by atoms with Crippen LogP contribution in [-0.4, -0.2) is 38.1 Å². The minimum Gasteiger partial charge on any atom is -0.334 e. The summed E-state index contributed by atoms with van der Waals surface area (Å²) in [7, 11) is -3.16. The normalized spacial score (nSPS) is 19.1. The van der Waals surface area contributed by atoms with Gasteiger partial charge in [0.2, 0.25) is 15.9 Å². The van der Waals surface area contributed by atoms with Gasteiger partial charge in [0, 0.05) is 30.6 Å². The van der Waals surface area contributed by atoms with Crippen molar-refractivity contribution in [3.8, 4) is 0 Å². The lowest BCUT2D eigenvalue weighted by Gasteiger charge is -2.25. The molecular formula is C19H20N2O3S2. The second kappa shape index (κ2) is 6.89. The first-order valence-electron chi connectivity index (χ1n) is 8.66. The lowest BCUT2D eigenvalue weighted by Crippen LogP contribution is -2.34. The summed E-state index contributed by atoms with van der Waals surface area (Å²) in [5, 5.41) is 2.08. The van der Waals surface area contributed by atoms with Crippen molar-refractivity contribution in [2.75, 3.05) is 23.1 Å². The molecule has 1 fully saturated rings. The molecule has 0 aliphatic carbocycles. The third-order valence-electron chi connectivity index (χ3n) is 4.82. The van der Waals surface area contributed by atoms with Crippen molar-refractivity contribution in [1.82, 2.24) is 4.90 Å². The molecule has 0 spiro atoms. The molecule has 2 aromatic rings. The Morgan fingerprint density at radius 3 is 2.65 bits per heavy atom. The minimum atomic E-state index is -3.16. The van der Waals surface area contributed by atoms with Crippen LogP contribution in [0.5, 0.6) is 0 Å². The zero-order chi connectivity index (χ0) is 18.1. The van der Waals surface area contributed by atoms with E-state index in [9.17, 15) is 13.2 Å². The predicted octanol–water partition coefficient (Wildman–Crippen LogP) is 2.89. The zero-order valence-electron chi connectivity index (χ0n) is 14.3.